The van der Waals surface area contributed by atoms with Gasteiger partial charge in [-0.2, -0.15) is 0 Å². The number of hydrogen-bond acceptors (Lipinski definition) is 4. The molecule has 0 radical (unpaired) electrons. The van der Waals surface area contributed by atoms with Gasteiger partial charge in [-0.05, 0) is 38.5 Å². The van der Waals surface area contributed by atoms with Crippen LogP contribution in [0.15, 0.2) is 24.3 Å². The predicted octanol–water partition coefficient (Wildman–Crippen LogP) is 1.80. The van der Waals surface area contributed by atoms with Crippen molar-refractivity contribution in [2.24, 2.45) is 5.73 Å². The first-order valence-corrected chi connectivity index (χ1v) is 6.05. The molecule has 0 saturated carbocycles. The third-order valence-corrected chi connectivity index (χ3v) is 2.55. The predicted molar refractivity (Wildman–Crippen MR) is 70.4 cm³/mol. The van der Waals surface area contributed by atoms with Gasteiger partial charge in [0.2, 0.25) is 0 Å². The Balaban J connectivity index is 3.18. The minimum absolute atomic E-state index is 0.190. The van der Waals surface area contributed by atoms with E-state index in [4.69, 9.17) is 15.6 Å². The van der Waals surface area contributed by atoms with Gasteiger partial charge < -0.3 is 15.6 Å². The number of halogens is 1. The Morgan fingerprint density at radius 2 is 1.75 bits per heavy atom. The number of ether oxygens (including phenoxy) is 1. The van der Waals surface area contributed by atoms with Crippen LogP contribution in [0.5, 0.6) is 0 Å². The van der Waals surface area contributed by atoms with Crippen molar-refractivity contribution in [2.75, 3.05) is 0 Å². The maximum absolute atomic E-state index is 12.9. The third kappa shape index (κ3) is 4.03. The lowest BCUT2D eigenvalue weighted by Gasteiger charge is -2.30. The quantitative estimate of drug-likeness (QED) is 0.822. The highest BCUT2D eigenvalue weighted by molar-refractivity contribution is 5.87. The molecule has 0 amide bonds. The van der Waals surface area contributed by atoms with Crippen LogP contribution in [0, 0.1) is 5.82 Å². The Kier molecular flexibility index (Phi) is 4.50. The van der Waals surface area contributed by atoms with E-state index in [1.807, 2.05) is 0 Å². The Bertz CT molecular complexity index is 507. The first-order valence-electron chi connectivity index (χ1n) is 6.05. The number of rotatable bonds is 4. The van der Waals surface area contributed by atoms with E-state index < -0.39 is 35.3 Å². The van der Waals surface area contributed by atoms with Gasteiger partial charge in [-0.25, -0.2) is 9.18 Å². The maximum atomic E-state index is 12.9. The first kappa shape index (κ1) is 16.1. The summed E-state index contributed by atoms with van der Waals surface area (Å²) in [6.07, 6.45) is -0.645. The molecule has 0 unspecified atom stereocenters. The summed E-state index contributed by atoms with van der Waals surface area (Å²) < 4.78 is 18.1. The Morgan fingerprint density at radius 3 is 2.15 bits per heavy atom. The van der Waals surface area contributed by atoms with E-state index in [0.29, 0.717) is 0 Å². The van der Waals surface area contributed by atoms with Crippen LogP contribution in [0.2, 0.25) is 0 Å². The number of aliphatic carboxylic acids is 1. The molecule has 0 fully saturated rings. The van der Waals surface area contributed by atoms with Crippen molar-refractivity contribution in [3.8, 4) is 0 Å². The van der Waals surface area contributed by atoms with Crippen LogP contribution in [-0.4, -0.2) is 22.6 Å². The van der Waals surface area contributed by atoms with Crippen molar-refractivity contribution in [2.45, 2.75) is 38.3 Å². The van der Waals surface area contributed by atoms with Gasteiger partial charge in [-0.15, -0.1) is 0 Å². The molecule has 1 aromatic carbocycles. The fourth-order valence-electron chi connectivity index (χ4n) is 1.65. The van der Waals surface area contributed by atoms with Gasteiger partial charge in [0.05, 0.1) is 6.42 Å². The van der Waals surface area contributed by atoms with Crippen LogP contribution in [0.3, 0.4) is 0 Å². The summed E-state index contributed by atoms with van der Waals surface area (Å²) in [5.41, 5.74) is 3.47. The highest BCUT2D eigenvalue weighted by Crippen LogP contribution is 2.26. The van der Waals surface area contributed by atoms with Crippen LogP contribution >= 0.6 is 0 Å². The number of carbonyl (C=O) groups is 2. The van der Waals surface area contributed by atoms with Crippen molar-refractivity contribution >= 4 is 11.9 Å². The number of hydrogen-bond donors (Lipinski definition) is 2. The molecule has 1 rings (SSSR count). The van der Waals surface area contributed by atoms with E-state index in [-0.39, 0.29) is 5.56 Å². The minimum atomic E-state index is -1.85. The number of carbonyl (C=O) groups excluding carboxylic acids is 1. The molecule has 0 saturated heterocycles. The lowest BCUT2D eigenvalue weighted by atomic mass is 9.87. The van der Waals surface area contributed by atoms with Gasteiger partial charge in [-0.1, -0.05) is 12.1 Å². The van der Waals surface area contributed by atoms with E-state index >= 15 is 0 Å². The molecule has 0 aromatic heterocycles. The number of benzene rings is 1. The van der Waals surface area contributed by atoms with E-state index in [2.05, 4.69) is 0 Å². The summed E-state index contributed by atoms with van der Waals surface area (Å²) in [6.45, 7) is 4.95. The molecule has 5 nitrogen and oxygen atoms in total. The van der Waals surface area contributed by atoms with E-state index in [0.717, 1.165) is 12.1 Å². The van der Waals surface area contributed by atoms with Gasteiger partial charge in [0.15, 0.2) is 5.54 Å². The number of esters is 1. The van der Waals surface area contributed by atoms with E-state index in [9.17, 15) is 14.0 Å². The molecule has 6 heteroatoms. The molecule has 110 valence electrons. The van der Waals surface area contributed by atoms with Crippen LogP contribution in [0.4, 0.5) is 4.39 Å². The smallest absolute Gasteiger partial charge is 0.331 e. The van der Waals surface area contributed by atoms with Crippen molar-refractivity contribution in [1.29, 1.82) is 0 Å². The summed E-state index contributed by atoms with van der Waals surface area (Å²) in [5, 5.41) is 8.95. The second kappa shape index (κ2) is 5.58. The average molecular weight is 283 g/mol. The highest BCUT2D eigenvalue weighted by atomic mass is 19.1. The van der Waals surface area contributed by atoms with Gasteiger partial charge in [0.1, 0.15) is 11.4 Å². The van der Waals surface area contributed by atoms with Crippen LogP contribution in [-0.2, 0) is 19.9 Å². The lowest BCUT2D eigenvalue weighted by molar-refractivity contribution is -0.165. The largest absolute Gasteiger partial charge is 0.481 e. The molecule has 3 N–H and O–H groups in total. The third-order valence-electron chi connectivity index (χ3n) is 2.55. The molecule has 0 aliphatic rings. The highest BCUT2D eigenvalue weighted by Gasteiger charge is 2.41. The molecule has 0 aliphatic heterocycles. The summed E-state index contributed by atoms with van der Waals surface area (Å²) in [6, 6.07) is 4.79. The lowest BCUT2D eigenvalue weighted by Crippen LogP contribution is -2.49. The zero-order valence-electron chi connectivity index (χ0n) is 11.6. The molecule has 20 heavy (non-hydrogen) atoms. The Morgan fingerprint density at radius 1 is 1.25 bits per heavy atom. The summed E-state index contributed by atoms with van der Waals surface area (Å²) in [4.78, 5) is 23.2. The number of carboxylic acids is 1. The van der Waals surface area contributed by atoms with Gasteiger partial charge >= 0.3 is 11.9 Å². The fraction of sp³-hybridized carbons (Fsp3) is 0.429. The average Bonchev–Trinajstić information content (AvgIpc) is 2.26. The minimum Gasteiger partial charge on any atom is -0.481 e. The standard InChI is InChI=1S/C14H18FNO4/c1-13(2,3)20-12(19)14(16,8-11(17)18)9-4-6-10(15)7-5-9/h4-7H,8,16H2,1-3H3,(H,17,18)/t14-/m0/s1. The molecule has 0 heterocycles. The first-order chi connectivity index (χ1) is 9.04. The number of carboxylic acid groups (broad SMARTS) is 1. The second-order valence-corrected chi connectivity index (χ2v) is 5.55. The Hall–Kier alpha value is -1.95. The van der Waals surface area contributed by atoms with Gasteiger partial charge in [-0.3, -0.25) is 4.79 Å². The van der Waals surface area contributed by atoms with Crippen molar-refractivity contribution in [1.82, 2.24) is 0 Å². The normalized spacial score (nSPS) is 14.4. The topological polar surface area (TPSA) is 89.6 Å². The zero-order valence-corrected chi connectivity index (χ0v) is 11.6. The van der Waals surface area contributed by atoms with Gasteiger partial charge in [0.25, 0.3) is 0 Å². The van der Waals surface area contributed by atoms with Crippen LogP contribution in [0.25, 0.3) is 0 Å². The van der Waals surface area contributed by atoms with Gasteiger partial charge in [0, 0.05) is 0 Å². The molecule has 0 bridgehead atoms. The fourth-order valence-corrected chi connectivity index (χ4v) is 1.65. The summed E-state index contributed by atoms with van der Waals surface area (Å²) >= 11 is 0. The van der Waals surface area contributed by atoms with Crippen LogP contribution < -0.4 is 5.73 Å². The molecule has 0 aliphatic carbocycles. The molecular formula is C14H18FNO4. The summed E-state index contributed by atoms with van der Waals surface area (Å²) in [7, 11) is 0. The number of nitrogens with two attached hydrogens (primary N) is 1. The maximum Gasteiger partial charge on any atom is 0.331 e. The van der Waals surface area contributed by atoms with E-state index in [1.165, 1.54) is 12.1 Å². The molecule has 0 spiro atoms. The van der Waals surface area contributed by atoms with E-state index in [1.54, 1.807) is 20.8 Å². The Labute approximate surface area is 116 Å². The second-order valence-electron chi connectivity index (χ2n) is 5.55. The van der Waals surface area contributed by atoms with Crippen LogP contribution in [0.1, 0.15) is 32.8 Å². The SMILES string of the molecule is CC(C)(C)OC(=O)[C@](N)(CC(=O)O)c1ccc(F)cc1. The monoisotopic (exact) mass is 283 g/mol. The molecular weight excluding hydrogens is 265 g/mol. The molecule has 1 atom stereocenters. The zero-order chi connectivity index (χ0) is 15.6. The van der Waals surface area contributed by atoms with Crippen molar-refractivity contribution < 1.29 is 23.8 Å². The summed E-state index contributed by atoms with van der Waals surface area (Å²) in [5.74, 6) is -2.61. The van der Waals surface area contributed by atoms with Crippen molar-refractivity contribution in [3.63, 3.8) is 0 Å². The molecule has 1 aromatic rings. The van der Waals surface area contributed by atoms with Crippen molar-refractivity contribution in [3.05, 3.63) is 35.6 Å².